The highest BCUT2D eigenvalue weighted by molar-refractivity contribution is 6.38. The predicted molar refractivity (Wildman–Crippen MR) is 117 cm³/mol. The van der Waals surface area contributed by atoms with E-state index in [2.05, 4.69) is 61.5 Å². The van der Waals surface area contributed by atoms with Gasteiger partial charge in [-0.3, -0.25) is 9.67 Å². The third-order valence-electron chi connectivity index (χ3n) is 5.46. The molecule has 5 rings (SSSR count). The van der Waals surface area contributed by atoms with Crippen molar-refractivity contribution in [3.8, 4) is 0 Å². The van der Waals surface area contributed by atoms with E-state index in [1.54, 1.807) is 23.3 Å². The number of aromatic nitrogens is 2. The lowest BCUT2D eigenvalue weighted by atomic mass is 10.2. The number of anilines is 2. The summed E-state index contributed by atoms with van der Waals surface area (Å²) in [6.07, 6.45) is 9.12. The van der Waals surface area contributed by atoms with Gasteiger partial charge in [0.25, 0.3) is 11.8 Å². The van der Waals surface area contributed by atoms with Gasteiger partial charge in [-0.25, -0.2) is 0 Å². The minimum Gasteiger partial charge on any atom is -0.369 e. The fraction of sp³-hybridized carbons (Fsp3) is 0.300. The van der Waals surface area contributed by atoms with Crippen molar-refractivity contribution in [1.82, 2.24) is 19.3 Å². The van der Waals surface area contributed by atoms with Crippen molar-refractivity contribution < 1.29 is 0 Å². The zero-order valence-electron chi connectivity index (χ0n) is 16.6. The molecule has 9 heteroatoms. The fourth-order valence-corrected chi connectivity index (χ4v) is 3.74. The zero-order chi connectivity index (χ0) is 19.8. The van der Waals surface area contributed by atoms with Crippen LogP contribution in [0.5, 0.6) is 0 Å². The van der Waals surface area contributed by atoms with Crippen molar-refractivity contribution in [3.05, 3.63) is 49.1 Å². The van der Waals surface area contributed by atoms with Gasteiger partial charge in [0.2, 0.25) is 5.69 Å². The van der Waals surface area contributed by atoms with Crippen molar-refractivity contribution in [2.24, 2.45) is 22.1 Å². The van der Waals surface area contributed by atoms with E-state index in [1.165, 1.54) is 5.69 Å². The Balaban J connectivity index is 1.36. The number of nitrogens with zero attached hydrogens (tertiary/aromatic N) is 8. The number of aliphatic imine (C=N–C) groups is 2. The first-order valence-electron chi connectivity index (χ1n) is 9.71. The molecule has 29 heavy (non-hydrogen) atoms. The second kappa shape index (κ2) is 6.94. The number of rotatable bonds is 3. The second-order valence-electron chi connectivity index (χ2n) is 7.49. The van der Waals surface area contributed by atoms with Crippen LogP contribution >= 0.6 is 0 Å². The molecule has 0 saturated carbocycles. The third kappa shape index (κ3) is 3.24. The Kier molecular flexibility index (Phi) is 4.26. The van der Waals surface area contributed by atoms with Crippen LogP contribution in [0.2, 0.25) is 0 Å². The summed E-state index contributed by atoms with van der Waals surface area (Å²) >= 11 is 0. The number of hydrogen-bond acceptors (Lipinski definition) is 7. The zero-order valence-corrected chi connectivity index (χ0v) is 16.6. The quantitative estimate of drug-likeness (QED) is 0.812. The van der Waals surface area contributed by atoms with Crippen LogP contribution in [0, 0.1) is 0 Å². The molecule has 1 saturated heterocycles. The summed E-state index contributed by atoms with van der Waals surface area (Å²) in [5.74, 6) is 1.28. The monoisotopic (exact) mass is 390 g/mol. The smallest absolute Gasteiger partial charge is 0.287 e. The maximum Gasteiger partial charge on any atom is 0.287 e. The minimum absolute atomic E-state index is 0.138. The first-order chi connectivity index (χ1) is 14.1. The van der Waals surface area contributed by atoms with Crippen LogP contribution in [0.3, 0.4) is 0 Å². The van der Waals surface area contributed by atoms with E-state index in [4.69, 9.17) is 5.10 Å². The van der Waals surface area contributed by atoms with Crippen LogP contribution in [0.15, 0.2) is 64.1 Å². The molecule has 2 aromatic rings. The number of guanidine groups is 1. The summed E-state index contributed by atoms with van der Waals surface area (Å²) in [6.45, 7) is 4.30. The number of likely N-dealkylation sites (N-methyl/N-ethyl adjacent to an activating group) is 1. The van der Waals surface area contributed by atoms with Gasteiger partial charge in [-0.05, 0) is 36.4 Å². The van der Waals surface area contributed by atoms with E-state index >= 15 is 0 Å². The summed E-state index contributed by atoms with van der Waals surface area (Å²) in [6, 6.07) is 8.45. The number of aryl methyl sites for hydroxylation is 1. The number of fused-ring (bicyclic) bond motifs is 1. The van der Waals surface area contributed by atoms with Crippen LogP contribution in [-0.2, 0) is 7.05 Å². The second-order valence-corrected chi connectivity index (χ2v) is 7.49. The molecule has 3 aliphatic rings. The summed E-state index contributed by atoms with van der Waals surface area (Å²) in [5, 5.41) is 12.5. The lowest BCUT2D eigenvalue weighted by Gasteiger charge is -2.34. The van der Waals surface area contributed by atoms with Crippen LogP contribution in [-0.4, -0.2) is 65.9 Å². The summed E-state index contributed by atoms with van der Waals surface area (Å²) < 4.78 is 1.90. The van der Waals surface area contributed by atoms with Crippen molar-refractivity contribution in [2.45, 2.75) is 0 Å². The van der Waals surface area contributed by atoms with Gasteiger partial charge in [0.05, 0.1) is 12.4 Å². The molecule has 1 fully saturated rings. The maximum atomic E-state index is 4.83. The van der Waals surface area contributed by atoms with Crippen LogP contribution in [0.4, 0.5) is 17.1 Å². The molecule has 148 valence electrons. The number of benzene rings is 1. The normalized spacial score (nSPS) is 23.7. The van der Waals surface area contributed by atoms with Gasteiger partial charge in [0.1, 0.15) is 12.4 Å². The lowest BCUT2D eigenvalue weighted by molar-refractivity contribution is 0.313. The first-order valence-corrected chi connectivity index (χ1v) is 9.71. The molecule has 0 aliphatic carbocycles. The molecule has 1 aromatic carbocycles. The Morgan fingerprint density at radius 2 is 1.83 bits per heavy atom. The average molecular weight is 390 g/mol. The first kappa shape index (κ1) is 17.8. The minimum atomic E-state index is 0.138. The van der Waals surface area contributed by atoms with Gasteiger partial charge in [0.15, 0.2) is 6.20 Å². The number of quaternary nitrogens is 1. The number of nitrogens with one attached hydrogen (secondary N) is 1. The number of hydrogen-bond donors (Lipinski definition) is 1. The summed E-state index contributed by atoms with van der Waals surface area (Å²) in [7, 11) is 4.06. The summed E-state index contributed by atoms with van der Waals surface area (Å²) in [5.41, 5.74) is 3.11. The van der Waals surface area contributed by atoms with Gasteiger partial charge < -0.3 is 15.1 Å². The van der Waals surface area contributed by atoms with Crippen molar-refractivity contribution in [3.63, 3.8) is 0 Å². The summed E-state index contributed by atoms with van der Waals surface area (Å²) in [4.78, 5) is 13.7. The average Bonchev–Trinajstić information content (AvgIpc) is 3.33. The highest BCUT2D eigenvalue weighted by atomic mass is 15.7. The fourth-order valence-electron chi connectivity index (χ4n) is 3.74. The van der Waals surface area contributed by atoms with Crippen molar-refractivity contribution in [2.75, 3.05) is 43.4 Å². The Bertz CT molecular complexity index is 1020. The van der Waals surface area contributed by atoms with Gasteiger partial charge in [-0.2, -0.15) is 10.1 Å². The molecule has 0 spiro atoms. The molecular weight excluding hydrogens is 366 g/mol. The predicted octanol–water partition coefficient (Wildman–Crippen LogP) is 1.83. The van der Waals surface area contributed by atoms with Crippen molar-refractivity contribution in [1.29, 1.82) is 0 Å². The van der Waals surface area contributed by atoms with E-state index in [9.17, 15) is 0 Å². The number of amidine groups is 1. The Morgan fingerprint density at radius 1 is 1.03 bits per heavy atom. The van der Waals surface area contributed by atoms with E-state index in [1.807, 2.05) is 19.4 Å². The molecule has 0 bridgehead atoms. The van der Waals surface area contributed by atoms with E-state index < -0.39 is 0 Å². The molecule has 1 unspecified atom stereocenters. The maximum absolute atomic E-state index is 4.83. The van der Waals surface area contributed by atoms with Crippen LogP contribution in [0.1, 0.15) is 0 Å². The standard InChI is InChI=1S/C20H24N9/c1-26-8-10-28(11-9-26)17-5-3-16(4-6-17)23-20-24-19-14-21-7-12-29(19,25-20)18-13-22-27(2)15-18/h3-7,12-15H,8-11H2,1-2H3,(H,23,25)/q+1. The molecule has 1 aromatic heterocycles. The Hall–Kier alpha value is -3.30. The lowest BCUT2D eigenvalue weighted by Crippen LogP contribution is -2.44. The van der Waals surface area contributed by atoms with Gasteiger partial charge in [0, 0.05) is 44.6 Å². The van der Waals surface area contributed by atoms with Gasteiger partial charge in [-0.15, -0.1) is 0 Å². The molecular formula is C20H24N9+. The van der Waals surface area contributed by atoms with Gasteiger partial charge in [-0.1, -0.05) is 4.59 Å². The van der Waals surface area contributed by atoms with Gasteiger partial charge >= 0.3 is 0 Å². The SMILES string of the molecule is CN1CCN(c2ccc(NC3=N[N+]4(c5cnn(C)c5)C=CN=CC4=N3)cc2)CC1. The van der Waals surface area contributed by atoms with E-state index in [-0.39, 0.29) is 4.59 Å². The van der Waals surface area contributed by atoms with E-state index in [0.717, 1.165) is 43.4 Å². The molecule has 0 radical (unpaired) electrons. The number of piperazine rings is 1. The molecule has 1 atom stereocenters. The Morgan fingerprint density at radius 3 is 2.55 bits per heavy atom. The topological polar surface area (TPSA) is 73.4 Å². The molecule has 1 N–H and O–H groups in total. The van der Waals surface area contributed by atoms with Crippen LogP contribution in [0.25, 0.3) is 0 Å². The van der Waals surface area contributed by atoms with Crippen molar-refractivity contribution >= 4 is 35.1 Å². The third-order valence-corrected chi connectivity index (χ3v) is 5.46. The highest BCUT2D eigenvalue weighted by Gasteiger charge is 2.43. The molecule has 9 nitrogen and oxygen atoms in total. The molecule has 0 amide bonds. The molecule has 3 aliphatic heterocycles. The van der Waals surface area contributed by atoms with E-state index in [0.29, 0.717) is 5.96 Å². The Labute approximate surface area is 169 Å². The van der Waals surface area contributed by atoms with Crippen LogP contribution < -0.4 is 14.8 Å². The molecule has 4 heterocycles. The largest absolute Gasteiger partial charge is 0.369 e. The highest BCUT2D eigenvalue weighted by Crippen LogP contribution is 2.30.